The zero-order valence-corrected chi connectivity index (χ0v) is 12.0. The summed E-state index contributed by atoms with van der Waals surface area (Å²) in [6, 6.07) is 4.86. The first kappa shape index (κ1) is 14.5. The summed E-state index contributed by atoms with van der Waals surface area (Å²) in [6.07, 6.45) is 2.90. The van der Waals surface area contributed by atoms with Crippen molar-refractivity contribution in [3.05, 3.63) is 34.1 Å². The van der Waals surface area contributed by atoms with Gasteiger partial charge in [0.15, 0.2) is 0 Å². The second kappa shape index (κ2) is 6.48. The zero-order valence-electron chi connectivity index (χ0n) is 10.4. The van der Waals surface area contributed by atoms with Crippen molar-refractivity contribution in [3.8, 4) is 0 Å². The highest BCUT2D eigenvalue weighted by molar-refractivity contribution is 9.10. The van der Waals surface area contributed by atoms with Crippen LogP contribution in [0.2, 0.25) is 0 Å². The normalized spacial score (nSPS) is 23.3. The number of carboxylic acids is 1. The molecule has 0 aliphatic heterocycles. The molecule has 3 nitrogen and oxygen atoms in total. The molecule has 1 N–H and O–H groups in total. The van der Waals surface area contributed by atoms with Gasteiger partial charge in [-0.2, -0.15) is 0 Å². The number of halogens is 2. The highest BCUT2D eigenvalue weighted by Crippen LogP contribution is 2.28. The largest absolute Gasteiger partial charge is 0.481 e. The Bertz CT molecular complexity index is 456. The molecule has 0 amide bonds. The Balaban J connectivity index is 1.84. The Labute approximate surface area is 119 Å². The number of rotatable bonds is 4. The molecular formula is C14H16BrFO3. The topological polar surface area (TPSA) is 46.5 Å². The van der Waals surface area contributed by atoms with Crippen LogP contribution in [0.15, 0.2) is 22.7 Å². The summed E-state index contributed by atoms with van der Waals surface area (Å²) in [5.41, 5.74) is 0.778. The predicted molar refractivity (Wildman–Crippen MR) is 72.3 cm³/mol. The molecule has 0 bridgehead atoms. The van der Waals surface area contributed by atoms with Crippen molar-refractivity contribution in [2.75, 3.05) is 0 Å². The quantitative estimate of drug-likeness (QED) is 0.914. The molecule has 2 rings (SSSR count). The molecule has 1 saturated carbocycles. The summed E-state index contributed by atoms with van der Waals surface area (Å²) >= 11 is 3.20. The minimum atomic E-state index is -0.716. The SMILES string of the molecule is O=C(O)C1CCC(OCc2cccc(F)c2Br)CC1. The minimum absolute atomic E-state index is 0.0748. The van der Waals surface area contributed by atoms with Crippen LogP contribution in [0.5, 0.6) is 0 Å². The summed E-state index contributed by atoms with van der Waals surface area (Å²) in [7, 11) is 0. The molecule has 0 atom stereocenters. The monoisotopic (exact) mass is 330 g/mol. The van der Waals surface area contributed by atoms with E-state index in [-0.39, 0.29) is 17.8 Å². The van der Waals surface area contributed by atoms with Gasteiger partial charge in [0.25, 0.3) is 0 Å². The maximum absolute atomic E-state index is 13.3. The summed E-state index contributed by atoms with van der Waals surface area (Å²) in [5, 5.41) is 8.91. The average Bonchev–Trinajstić information content (AvgIpc) is 2.41. The van der Waals surface area contributed by atoms with Crippen LogP contribution in [0.25, 0.3) is 0 Å². The first-order valence-electron chi connectivity index (χ1n) is 6.35. The van der Waals surface area contributed by atoms with Gasteiger partial charge in [-0.05, 0) is 53.2 Å². The third-order valence-electron chi connectivity index (χ3n) is 3.53. The number of aliphatic carboxylic acids is 1. The molecule has 19 heavy (non-hydrogen) atoms. The number of hydrogen-bond acceptors (Lipinski definition) is 2. The molecular weight excluding hydrogens is 315 g/mol. The van der Waals surface area contributed by atoms with Crippen LogP contribution in [0.4, 0.5) is 4.39 Å². The van der Waals surface area contributed by atoms with E-state index in [0.717, 1.165) is 18.4 Å². The smallest absolute Gasteiger partial charge is 0.306 e. The summed E-state index contributed by atoms with van der Waals surface area (Å²) in [5.74, 6) is -1.25. The fraction of sp³-hybridized carbons (Fsp3) is 0.500. The molecule has 5 heteroatoms. The Morgan fingerprint density at radius 2 is 2.05 bits per heavy atom. The Kier molecular flexibility index (Phi) is 4.93. The van der Waals surface area contributed by atoms with Gasteiger partial charge in [-0.3, -0.25) is 4.79 Å². The molecule has 104 valence electrons. The van der Waals surface area contributed by atoms with Crippen molar-refractivity contribution < 1.29 is 19.0 Å². The van der Waals surface area contributed by atoms with Gasteiger partial charge in [0, 0.05) is 0 Å². The van der Waals surface area contributed by atoms with E-state index in [4.69, 9.17) is 9.84 Å². The lowest BCUT2D eigenvalue weighted by Gasteiger charge is -2.26. The van der Waals surface area contributed by atoms with Crippen molar-refractivity contribution in [3.63, 3.8) is 0 Å². The minimum Gasteiger partial charge on any atom is -0.481 e. The van der Waals surface area contributed by atoms with Gasteiger partial charge >= 0.3 is 5.97 Å². The van der Waals surface area contributed by atoms with Crippen LogP contribution >= 0.6 is 15.9 Å². The fourth-order valence-corrected chi connectivity index (χ4v) is 2.72. The van der Waals surface area contributed by atoms with E-state index in [1.807, 2.05) is 6.07 Å². The first-order valence-corrected chi connectivity index (χ1v) is 7.14. The highest BCUT2D eigenvalue weighted by Gasteiger charge is 2.26. The molecule has 1 aromatic rings. The highest BCUT2D eigenvalue weighted by atomic mass is 79.9. The summed E-state index contributed by atoms with van der Waals surface area (Å²) in [4.78, 5) is 10.8. The standard InChI is InChI=1S/C14H16BrFO3/c15-13-10(2-1-3-12(13)16)8-19-11-6-4-9(5-7-11)14(17)18/h1-3,9,11H,4-8H2,(H,17,18). The molecule has 0 radical (unpaired) electrons. The molecule has 1 aliphatic rings. The molecule has 0 aromatic heterocycles. The number of benzene rings is 1. The van der Waals surface area contributed by atoms with Crippen molar-refractivity contribution >= 4 is 21.9 Å². The van der Waals surface area contributed by atoms with Crippen molar-refractivity contribution in [2.24, 2.45) is 5.92 Å². The molecule has 0 spiro atoms. The predicted octanol–water partition coefficient (Wildman–Crippen LogP) is 3.75. The summed E-state index contributed by atoms with van der Waals surface area (Å²) < 4.78 is 19.5. The van der Waals surface area contributed by atoms with Crippen molar-refractivity contribution in [1.82, 2.24) is 0 Å². The lowest BCUT2D eigenvalue weighted by atomic mass is 9.87. The second-order valence-electron chi connectivity index (χ2n) is 4.84. The van der Waals surface area contributed by atoms with Crippen molar-refractivity contribution in [1.29, 1.82) is 0 Å². The lowest BCUT2D eigenvalue weighted by Crippen LogP contribution is -2.26. The number of hydrogen-bond donors (Lipinski definition) is 1. The maximum atomic E-state index is 13.3. The molecule has 1 fully saturated rings. The summed E-state index contributed by atoms with van der Waals surface area (Å²) in [6.45, 7) is 0.348. The maximum Gasteiger partial charge on any atom is 0.306 e. The van der Waals surface area contributed by atoms with Crippen LogP contribution < -0.4 is 0 Å². The van der Waals surface area contributed by atoms with Gasteiger partial charge in [0.2, 0.25) is 0 Å². The van der Waals surface area contributed by atoms with E-state index in [1.54, 1.807) is 6.07 Å². The van der Waals surface area contributed by atoms with Crippen LogP contribution in [0.3, 0.4) is 0 Å². The van der Waals surface area contributed by atoms with E-state index < -0.39 is 5.97 Å². The number of carboxylic acid groups (broad SMARTS) is 1. The van der Waals surface area contributed by atoms with E-state index in [0.29, 0.717) is 23.9 Å². The first-order chi connectivity index (χ1) is 9.08. The van der Waals surface area contributed by atoms with Crippen molar-refractivity contribution in [2.45, 2.75) is 38.4 Å². The van der Waals surface area contributed by atoms with Crippen LogP contribution in [0.1, 0.15) is 31.2 Å². The third-order valence-corrected chi connectivity index (χ3v) is 4.42. The van der Waals surface area contributed by atoms with E-state index in [9.17, 15) is 9.18 Å². The number of ether oxygens (including phenoxy) is 1. The van der Waals surface area contributed by atoms with Crippen LogP contribution in [-0.2, 0) is 16.1 Å². The van der Waals surface area contributed by atoms with Crippen LogP contribution in [-0.4, -0.2) is 17.2 Å². The van der Waals surface area contributed by atoms with Gasteiger partial charge in [-0.15, -0.1) is 0 Å². The Hall–Kier alpha value is -0.940. The average molecular weight is 331 g/mol. The van der Waals surface area contributed by atoms with Gasteiger partial charge in [-0.1, -0.05) is 12.1 Å². The molecule has 1 aliphatic carbocycles. The van der Waals surface area contributed by atoms with E-state index in [2.05, 4.69) is 15.9 Å². The Morgan fingerprint density at radius 1 is 1.37 bits per heavy atom. The van der Waals surface area contributed by atoms with E-state index in [1.165, 1.54) is 6.07 Å². The Morgan fingerprint density at radius 3 is 2.68 bits per heavy atom. The number of carbonyl (C=O) groups is 1. The molecule has 0 saturated heterocycles. The third kappa shape index (κ3) is 3.76. The zero-order chi connectivity index (χ0) is 13.8. The van der Waals surface area contributed by atoms with Gasteiger partial charge < -0.3 is 9.84 Å². The van der Waals surface area contributed by atoms with Gasteiger partial charge in [-0.25, -0.2) is 4.39 Å². The molecule has 1 aromatic carbocycles. The lowest BCUT2D eigenvalue weighted by molar-refractivity contribution is -0.143. The van der Waals surface area contributed by atoms with Crippen LogP contribution in [0, 0.1) is 11.7 Å². The van der Waals surface area contributed by atoms with E-state index >= 15 is 0 Å². The van der Waals surface area contributed by atoms with Gasteiger partial charge in [0.1, 0.15) is 5.82 Å². The molecule has 0 heterocycles. The fourth-order valence-electron chi connectivity index (χ4n) is 2.34. The second-order valence-corrected chi connectivity index (χ2v) is 5.63. The molecule has 0 unspecified atom stereocenters. The van der Waals surface area contributed by atoms with Gasteiger partial charge in [0.05, 0.1) is 23.1 Å².